The Morgan fingerprint density at radius 3 is 2.66 bits per heavy atom. The predicted molar refractivity (Wildman–Crippen MR) is 148 cm³/mol. The summed E-state index contributed by atoms with van der Waals surface area (Å²) in [6.07, 6.45) is 7.05. The molecule has 2 aromatic carbocycles. The molecule has 3 amide bonds. The van der Waals surface area contributed by atoms with Crippen LogP contribution in [0.4, 0.5) is 10.5 Å². The van der Waals surface area contributed by atoms with Crippen molar-refractivity contribution in [1.29, 1.82) is 0 Å². The highest BCUT2D eigenvalue weighted by atomic mass is 35.5. The number of rotatable bonds is 10. The third-order valence-electron chi connectivity index (χ3n) is 6.68. The van der Waals surface area contributed by atoms with Crippen LogP contribution in [0.5, 0.6) is 17.2 Å². The number of nitrogens with one attached hydrogen (secondary N) is 3. The lowest BCUT2D eigenvalue weighted by molar-refractivity contribution is 0.0959. The fourth-order valence-electron chi connectivity index (χ4n) is 4.50. The van der Waals surface area contributed by atoms with Crippen LogP contribution < -0.4 is 25.4 Å². The first kappa shape index (κ1) is 26.1. The molecule has 200 valence electrons. The number of amides is 3. The molecule has 3 N–H and O–H groups in total. The summed E-state index contributed by atoms with van der Waals surface area (Å²) in [4.78, 5) is 31.7. The number of urea groups is 1. The summed E-state index contributed by atoms with van der Waals surface area (Å²) < 4.78 is 12.2. The van der Waals surface area contributed by atoms with E-state index in [0.29, 0.717) is 51.0 Å². The quantitative estimate of drug-likeness (QED) is 0.307. The van der Waals surface area contributed by atoms with Gasteiger partial charge in [-0.3, -0.25) is 9.78 Å². The number of fused-ring (bicyclic) bond motifs is 1. The third kappa shape index (κ3) is 6.46. The molecule has 1 aliphatic heterocycles. The Morgan fingerprint density at radius 1 is 1.11 bits per heavy atom. The molecule has 3 aromatic rings. The summed E-state index contributed by atoms with van der Waals surface area (Å²) in [5.74, 6) is 1.24. The summed E-state index contributed by atoms with van der Waals surface area (Å²) in [5, 5.41) is 9.33. The fourth-order valence-corrected chi connectivity index (χ4v) is 4.72. The molecule has 0 atom stereocenters. The van der Waals surface area contributed by atoms with Gasteiger partial charge in [-0.05, 0) is 69.5 Å². The molecule has 0 bridgehead atoms. The van der Waals surface area contributed by atoms with Gasteiger partial charge in [-0.2, -0.15) is 0 Å². The van der Waals surface area contributed by atoms with Gasteiger partial charge < -0.3 is 30.3 Å². The van der Waals surface area contributed by atoms with Crippen molar-refractivity contribution >= 4 is 40.1 Å². The molecule has 1 saturated carbocycles. The largest absolute Gasteiger partial charge is 0.493 e. The lowest BCUT2D eigenvalue weighted by atomic mass is 10.1. The number of anilines is 1. The van der Waals surface area contributed by atoms with Gasteiger partial charge in [0.25, 0.3) is 5.91 Å². The Labute approximate surface area is 226 Å². The van der Waals surface area contributed by atoms with Gasteiger partial charge in [-0.15, -0.1) is 0 Å². The number of ether oxygens (including phenoxy) is 2. The number of nitrogens with zero attached hydrogens (tertiary/aromatic N) is 2. The molecule has 2 aliphatic rings. The van der Waals surface area contributed by atoms with Gasteiger partial charge in [0.2, 0.25) is 0 Å². The van der Waals surface area contributed by atoms with Crippen LogP contribution in [-0.2, 0) is 0 Å². The van der Waals surface area contributed by atoms with Crippen LogP contribution in [0.25, 0.3) is 10.9 Å². The normalized spacial score (nSPS) is 15.3. The van der Waals surface area contributed by atoms with E-state index in [-0.39, 0.29) is 18.0 Å². The first-order chi connectivity index (χ1) is 18.5. The number of pyridine rings is 1. The standard InChI is InChI=1S/C28H32ClN5O4/c1-30-27(35)21-16-20-24(17-26(21)37-14-4-13-34-11-2-3-12-34)31-10-9-25(20)38-19-7-8-23(22(29)15-19)33-28(36)32-18-5-6-18/h7-10,15-18H,2-6,11-14H2,1H3,(H,30,35)(H2,32,33,36). The van der Waals surface area contributed by atoms with Crippen molar-refractivity contribution in [3.63, 3.8) is 0 Å². The summed E-state index contributed by atoms with van der Waals surface area (Å²) in [7, 11) is 1.59. The van der Waals surface area contributed by atoms with E-state index in [1.165, 1.54) is 12.8 Å². The number of hydrogen-bond acceptors (Lipinski definition) is 6. The zero-order valence-electron chi connectivity index (χ0n) is 21.4. The Kier molecular flexibility index (Phi) is 8.14. The van der Waals surface area contributed by atoms with Crippen LogP contribution in [0.3, 0.4) is 0 Å². The average molecular weight is 538 g/mol. The molecular weight excluding hydrogens is 506 g/mol. The Morgan fingerprint density at radius 2 is 1.92 bits per heavy atom. The fraction of sp³-hybridized carbons (Fsp3) is 0.393. The second kappa shape index (κ2) is 11.9. The lowest BCUT2D eigenvalue weighted by Crippen LogP contribution is -2.30. The van der Waals surface area contributed by atoms with Crippen molar-refractivity contribution in [2.45, 2.75) is 38.1 Å². The minimum Gasteiger partial charge on any atom is -0.493 e. The topological polar surface area (TPSA) is 105 Å². The average Bonchev–Trinajstić information content (AvgIpc) is 3.57. The smallest absolute Gasteiger partial charge is 0.319 e. The maximum Gasteiger partial charge on any atom is 0.319 e. The van der Waals surface area contributed by atoms with Gasteiger partial charge in [0.05, 0.1) is 28.4 Å². The molecule has 38 heavy (non-hydrogen) atoms. The second-order valence-corrected chi connectivity index (χ2v) is 10.0. The highest BCUT2D eigenvalue weighted by molar-refractivity contribution is 6.33. The Hall–Kier alpha value is -3.56. The molecule has 0 radical (unpaired) electrons. The van der Waals surface area contributed by atoms with Crippen LogP contribution in [0.2, 0.25) is 5.02 Å². The van der Waals surface area contributed by atoms with Gasteiger partial charge in [0.1, 0.15) is 17.2 Å². The molecule has 1 saturated heterocycles. The second-order valence-electron chi connectivity index (χ2n) is 9.62. The van der Waals surface area contributed by atoms with Crippen LogP contribution in [0, 0.1) is 0 Å². The monoisotopic (exact) mass is 537 g/mol. The highest BCUT2D eigenvalue weighted by Gasteiger charge is 2.23. The van der Waals surface area contributed by atoms with E-state index in [0.717, 1.165) is 38.9 Å². The van der Waals surface area contributed by atoms with E-state index in [4.69, 9.17) is 21.1 Å². The Bertz CT molecular complexity index is 1320. The minimum absolute atomic E-state index is 0.247. The van der Waals surface area contributed by atoms with Crippen molar-refractivity contribution < 1.29 is 19.1 Å². The summed E-state index contributed by atoms with van der Waals surface area (Å²) in [6, 6.07) is 10.3. The predicted octanol–water partition coefficient (Wildman–Crippen LogP) is 5.19. The zero-order chi connectivity index (χ0) is 26.5. The van der Waals surface area contributed by atoms with Crippen molar-refractivity contribution in [1.82, 2.24) is 20.5 Å². The lowest BCUT2D eigenvalue weighted by Gasteiger charge is -2.16. The molecule has 0 spiro atoms. The molecule has 10 heteroatoms. The number of aromatic nitrogens is 1. The maximum atomic E-state index is 12.7. The number of halogens is 1. The van der Waals surface area contributed by atoms with E-state index in [2.05, 4.69) is 25.8 Å². The van der Waals surface area contributed by atoms with E-state index in [9.17, 15) is 9.59 Å². The minimum atomic E-state index is -0.279. The SMILES string of the molecule is CNC(=O)c1cc2c(Oc3ccc(NC(=O)NC4CC4)c(Cl)c3)ccnc2cc1OCCCN1CCCC1. The summed E-state index contributed by atoms with van der Waals surface area (Å²) in [6.45, 7) is 3.79. The molecule has 2 heterocycles. The van der Waals surface area contributed by atoms with Crippen molar-refractivity contribution in [2.75, 3.05) is 38.6 Å². The molecule has 5 rings (SSSR count). The number of hydrogen-bond donors (Lipinski definition) is 3. The van der Waals surface area contributed by atoms with E-state index < -0.39 is 0 Å². The number of benzene rings is 2. The van der Waals surface area contributed by atoms with Gasteiger partial charge in [0, 0.05) is 43.4 Å². The van der Waals surface area contributed by atoms with Crippen LogP contribution >= 0.6 is 11.6 Å². The van der Waals surface area contributed by atoms with E-state index in [1.807, 2.05) is 0 Å². The van der Waals surface area contributed by atoms with Crippen molar-refractivity contribution in [3.8, 4) is 17.2 Å². The van der Waals surface area contributed by atoms with Gasteiger partial charge >= 0.3 is 6.03 Å². The van der Waals surface area contributed by atoms with Crippen molar-refractivity contribution in [2.24, 2.45) is 0 Å². The molecule has 2 fully saturated rings. The van der Waals surface area contributed by atoms with Crippen LogP contribution in [-0.4, -0.2) is 61.2 Å². The zero-order valence-corrected chi connectivity index (χ0v) is 22.1. The third-order valence-corrected chi connectivity index (χ3v) is 6.99. The van der Waals surface area contributed by atoms with Crippen molar-refractivity contribution in [3.05, 3.63) is 53.2 Å². The first-order valence-electron chi connectivity index (χ1n) is 13.0. The van der Waals surface area contributed by atoms with Gasteiger partial charge in [-0.1, -0.05) is 11.6 Å². The molecular formula is C28H32ClN5O4. The molecule has 1 aromatic heterocycles. The molecule has 9 nitrogen and oxygen atoms in total. The summed E-state index contributed by atoms with van der Waals surface area (Å²) >= 11 is 6.41. The highest BCUT2D eigenvalue weighted by Crippen LogP contribution is 2.35. The van der Waals surface area contributed by atoms with Gasteiger partial charge in [0.15, 0.2) is 0 Å². The number of carbonyl (C=O) groups excluding carboxylic acids is 2. The number of carbonyl (C=O) groups is 2. The molecule has 0 unspecified atom stereocenters. The summed E-state index contributed by atoms with van der Waals surface area (Å²) in [5.41, 5.74) is 1.55. The van der Waals surface area contributed by atoms with Crippen LogP contribution in [0.1, 0.15) is 42.5 Å². The Balaban J connectivity index is 1.32. The van der Waals surface area contributed by atoms with E-state index >= 15 is 0 Å². The van der Waals surface area contributed by atoms with Crippen LogP contribution in [0.15, 0.2) is 42.6 Å². The first-order valence-corrected chi connectivity index (χ1v) is 13.4. The van der Waals surface area contributed by atoms with Gasteiger partial charge in [-0.25, -0.2) is 4.79 Å². The molecule has 1 aliphatic carbocycles. The number of likely N-dealkylation sites (tertiary alicyclic amines) is 1. The maximum absolute atomic E-state index is 12.7. The van der Waals surface area contributed by atoms with E-state index in [1.54, 1.807) is 49.6 Å².